The molecule has 0 spiro atoms. The molecule has 152 valence electrons. The maximum atomic E-state index is 12.4. The van der Waals surface area contributed by atoms with Crippen LogP contribution in [0.15, 0.2) is 47.4 Å². The maximum absolute atomic E-state index is 12.4. The van der Waals surface area contributed by atoms with E-state index >= 15 is 0 Å². The number of benzene rings is 2. The lowest BCUT2D eigenvalue weighted by atomic mass is 10.1. The fourth-order valence-corrected chi connectivity index (χ4v) is 4.55. The van der Waals surface area contributed by atoms with Gasteiger partial charge in [0.2, 0.25) is 10.0 Å². The highest BCUT2D eigenvalue weighted by atomic mass is 35.5. The molecule has 1 fully saturated rings. The van der Waals surface area contributed by atoms with Crippen molar-refractivity contribution in [2.45, 2.75) is 11.3 Å². The number of anilines is 1. The molecule has 6 nitrogen and oxygen atoms in total. The van der Waals surface area contributed by atoms with Crippen LogP contribution in [0.4, 0.5) is 5.69 Å². The molecule has 2 aromatic rings. The molecule has 2 aromatic carbocycles. The van der Waals surface area contributed by atoms with Gasteiger partial charge >= 0.3 is 0 Å². The lowest BCUT2D eigenvalue weighted by Crippen LogP contribution is -2.44. The smallest absolute Gasteiger partial charge is 0.240 e. The number of rotatable bonds is 7. The molecule has 8 heteroatoms. The molecule has 0 aromatic heterocycles. The second-order valence-electron chi connectivity index (χ2n) is 6.90. The summed E-state index contributed by atoms with van der Waals surface area (Å²) in [7, 11) is 0.0177. The van der Waals surface area contributed by atoms with E-state index in [0.29, 0.717) is 18.7 Å². The minimum atomic E-state index is -3.61. The first-order valence-corrected chi connectivity index (χ1v) is 11.1. The van der Waals surface area contributed by atoms with Crippen molar-refractivity contribution in [1.29, 1.82) is 0 Å². The van der Waals surface area contributed by atoms with Gasteiger partial charge in [0.15, 0.2) is 0 Å². The lowest BCUT2D eigenvalue weighted by Gasteiger charge is -2.34. The number of piperazine rings is 1. The van der Waals surface area contributed by atoms with Crippen molar-refractivity contribution in [1.82, 2.24) is 9.62 Å². The van der Waals surface area contributed by atoms with Crippen LogP contribution in [-0.2, 0) is 16.4 Å². The molecule has 0 unspecified atom stereocenters. The average Bonchev–Trinajstić information content (AvgIpc) is 2.69. The molecule has 0 aliphatic carbocycles. The first-order chi connectivity index (χ1) is 13.4. The summed E-state index contributed by atoms with van der Waals surface area (Å²) in [4.78, 5) is 4.83. The summed E-state index contributed by atoms with van der Waals surface area (Å²) in [6.45, 7) is 4.51. The van der Waals surface area contributed by atoms with Gasteiger partial charge in [-0.05, 0) is 49.4 Å². The zero-order valence-corrected chi connectivity index (χ0v) is 17.8. The van der Waals surface area contributed by atoms with Crippen LogP contribution in [0.2, 0.25) is 5.02 Å². The Morgan fingerprint density at radius 2 is 1.75 bits per heavy atom. The summed E-state index contributed by atoms with van der Waals surface area (Å²) in [6.07, 6.45) is 0.617. The van der Waals surface area contributed by atoms with Crippen LogP contribution in [0.5, 0.6) is 5.75 Å². The van der Waals surface area contributed by atoms with Gasteiger partial charge in [-0.3, -0.25) is 0 Å². The van der Waals surface area contributed by atoms with E-state index in [-0.39, 0.29) is 9.92 Å². The summed E-state index contributed by atoms with van der Waals surface area (Å²) < 4.78 is 32.6. The third-order valence-electron chi connectivity index (χ3n) is 4.94. The van der Waals surface area contributed by atoms with Gasteiger partial charge in [-0.15, -0.1) is 0 Å². The van der Waals surface area contributed by atoms with Gasteiger partial charge in [-0.2, -0.15) is 0 Å². The van der Waals surface area contributed by atoms with E-state index in [9.17, 15) is 8.42 Å². The molecule has 1 N–H and O–H groups in total. The van der Waals surface area contributed by atoms with Crippen LogP contribution < -0.4 is 14.4 Å². The molecule has 0 radical (unpaired) electrons. The van der Waals surface area contributed by atoms with Crippen molar-refractivity contribution in [2.24, 2.45) is 0 Å². The predicted octanol–water partition coefficient (Wildman–Crippen LogP) is 2.62. The third kappa shape index (κ3) is 5.17. The highest BCUT2D eigenvalue weighted by Gasteiger charge is 2.16. The molecule has 1 heterocycles. The van der Waals surface area contributed by atoms with Gasteiger partial charge in [0, 0.05) is 38.4 Å². The number of ether oxygens (including phenoxy) is 1. The first kappa shape index (κ1) is 20.9. The number of methoxy groups -OCH3 is 1. The average molecular weight is 424 g/mol. The second kappa shape index (κ2) is 9.13. The highest BCUT2D eigenvalue weighted by Crippen LogP contribution is 2.26. The van der Waals surface area contributed by atoms with Crippen LogP contribution in [0.1, 0.15) is 5.56 Å². The summed E-state index contributed by atoms with van der Waals surface area (Å²) in [5.41, 5.74) is 2.30. The van der Waals surface area contributed by atoms with Crippen LogP contribution in [0, 0.1) is 0 Å². The minimum absolute atomic E-state index is 0.128. The molecular formula is C20H26ClN3O3S. The van der Waals surface area contributed by atoms with E-state index in [1.54, 1.807) is 6.07 Å². The van der Waals surface area contributed by atoms with Gasteiger partial charge < -0.3 is 14.5 Å². The highest BCUT2D eigenvalue weighted by molar-refractivity contribution is 7.89. The predicted molar refractivity (Wildman–Crippen MR) is 113 cm³/mol. The minimum Gasteiger partial charge on any atom is -0.495 e. The monoisotopic (exact) mass is 423 g/mol. The number of hydrogen-bond acceptors (Lipinski definition) is 5. The van der Waals surface area contributed by atoms with E-state index in [1.165, 1.54) is 24.9 Å². The summed E-state index contributed by atoms with van der Waals surface area (Å²) in [6, 6.07) is 12.8. The quantitative estimate of drug-likeness (QED) is 0.741. The van der Waals surface area contributed by atoms with E-state index in [0.717, 1.165) is 31.7 Å². The third-order valence-corrected chi connectivity index (χ3v) is 6.70. The van der Waals surface area contributed by atoms with Crippen molar-refractivity contribution < 1.29 is 13.2 Å². The molecule has 3 rings (SSSR count). The Labute approximate surface area is 172 Å². The van der Waals surface area contributed by atoms with Gasteiger partial charge in [0.25, 0.3) is 0 Å². The number of halogens is 1. The Bertz CT molecular complexity index is 895. The molecule has 0 atom stereocenters. The molecule has 0 bridgehead atoms. The van der Waals surface area contributed by atoms with Crippen molar-refractivity contribution in [3.8, 4) is 5.75 Å². The number of likely N-dealkylation sites (N-methyl/N-ethyl adjacent to an activating group) is 1. The Hall–Kier alpha value is -1.80. The lowest BCUT2D eigenvalue weighted by molar-refractivity contribution is 0.313. The Morgan fingerprint density at radius 1 is 1.07 bits per heavy atom. The van der Waals surface area contributed by atoms with E-state index in [4.69, 9.17) is 16.3 Å². The number of nitrogens with one attached hydrogen (secondary N) is 1. The van der Waals surface area contributed by atoms with Gasteiger partial charge in [0.1, 0.15) is 5.75 Å². The van der Waals surface area contributed by atoms with Crippen LogP contribution >= 0.6 is 11.6 Å². The fraction of sp³-hybridized carbons (Fsp3) is 0.400. The van der Waals surface area contributed by atoms with Crippen molar-refractivity contribution in [3.63, 3.8) is 0 Å². The van der Waals surface area contributed by atoms with Gasteiger partial charge in [0.05, 0.1) is 17.0 Å². The van der Waals surface area contributed by atoms with Gasteiger partial charge in [-0.1, -0.05) is 23.7 Å². The Morgan fingerprint density at radius 3 is 2.36 bits per heavy atom. The first-order valence-electron chi connectivity index (χ1n) is 9.25. The van der Waals surface area contributed by atoms with Crippen molar-refractivity contribution >= 4 is 27.3 Å². The zero-order valence-electron chi connectivity index (χ0n) is 16.2. The molecular weight excluding hydrogens is 398 g/mol. The van der Waals surface area contributed by atoms with Crippen LogP contribution in [-0.4, -0.2) is 60.2 Å². The van der Waals surface area contributed by atoms with E-state index in [2.05, 4.69) is 45.8 Å². The van der Waals surface area contributed by atoms with Crippen LogP contribution in [0.25, 0.3) is 0 Å². The van der Waals surface area contributed by atoms with Crippen molar-refractivity contribution in [2.75, 3.05) is 51.8 Å². The Balaban J connectivity index is 1.55. The maximum Gasteiger partial charge on any atom is 0.240 e. The molecule has 1 aliphatic rings. The molecule has 0 saturated carbocycles. The van der Waals surface area contributed by atoms with Crippen molar-refractivity contribution in [3.05, 3.63) is 53.1 Å². The largest absolute Gasteiger partial charge is 0.495 e. The number of hydrogen-bond donors (Lipinski definition) is 1. The second-order valence-corrected chi connectivity index (χ2v) is 9.08. The summed E-state index contributed by atoms with van der Waals surface area (Å²) in [5.74, 6) is 0.445. The summed E-state index contributed by atoms with van der Waals surface area (Å²) >= 11 is 6.03. The topological polar surface area (TPSA) is 61.9 Å². The van der Waals surface area contributed by atoms with Crippen LogP contribution in [0.3, 0.4) is 0 Å². The van der Waals surface area contributed by atoms with E-state index in [1.807, 2.05) is 0 Å². The number of sulfonamides is 1. The number of nitrogens with zero attached hydrogens (tertiary/aromatic N) is 2. The fourth-order valence-electron chi connectivity index (χ4n) is 3.17. The molecule has 1 saturated heterocycles. The van der Waals surface area contributed by atoms with Gasteiger partial charge in [-0.25, -0.2) is 13.1 Å². The van der Waals surface area contributed by atoms with E-state index < -0.39 is 10.0 Å². The SMILES string of the molecule is COc1ccc(S(=O)(=O)NCCc2ccc(N3CCN(C)CC3)cc2)cc1Cl. The molecule has 28 heavy (non-hydrogen) atoms. The zero-order chi connectivity index (χ0) is 20.1. The summed E-state index contributed by atoms with van der Waals surface area (Å²) in [5, 5.41) is 0.268. The standard InChI is InChI=1S/C20H26ClN3O3S/c1-23-11-13-24(14-12-23)17-5-3-16(4-6-17)9-10-22-28(25,26)18-7-8-20(27-2)19(21)15-18/h3-8,15,22H,9-14H2,1-2H3. The Kier molecular flexibility index (Phi) is 6.82. The molecule has 0 amide bonds. The molecule has 1 aliphatic heterocycles. The normalized spacial score (nSPS) is 15.6.